The molecule has 0 radical (unpaired) electrons. The molecule has 3 N–H and O–H groups in total. The van der Waals surface area contributed by atoms with Crippen LogP contribution in [0.2, 0.25) is 0 Å². The Bertz CT molecular complexity index is 882. The number of aliphatic hydroxyl groups is 1. The van der Waals surface area contributed by atoms with Crippen molar-refractivity contribution in [2.24, 2.45) is 0 Å². The molecule has 210 valence electrons. The van der Waals surface area contributed by atoms with Gasteiger partial charge in [-0.1, -0.05) is 61.9 Å². The second kappa shape index (κ2) is 14.4. The van der Waals surface area contributed by atoms with Crippen LogP contribution in [0.4, 0.5) is 4.79 Å². The molecule has 0 spiro atoms. The van der Waals surface area contributed by atoms with Crippen LogP contribution in [-0.4, -0.2) is 58.2 Å². The van der Waals surface area contributed by atoms with E-state index in [0.717, 1.165) is 36.8 Å². The van der Waals surface area contributed by atoms with Gasteiger partial charge in [-0.2, -0.15) is 0 Å². The van der Waals surface area contributed by atoms with Crippen LogP contribution in [-0.2, 0) is 14.3 Å². The summed E-state index contributed by atoms with van der Waals surface area (Å²) in [7, 11) is 0. The van der Waals surface area contributed by atoms with E-state index in [9.17, 15) is 19.5 Å². The molecule has 1 aromatic rings. The number of unbranched alkanes of at least 4 members (excludes halogenated alkanes) is 4. The normalized spacial score (nSPS) is 13.5. The number of benzene rings is 1. The molecule has 0 heterocycles. The third kappa shape index (κ3) is 12.0. The molecule has 0 saturated carbocycles. The highest BCUT2D eigenvalue weighted by molar-refractivity contribution is 5.92. The van der Waals surface area contributed by atoms with E-state index in [1.54, 1.807) is 20.8 Å². The molecule has 0 aromatic heterocycles. The molecule has 0 saturated heterocycles. The number of alkyl carbamates (subject to hydrolysis) is 1. The highest BCUT2D eigenvalue weighted by atomic mass is 16.6. The lowest BCUT2D eigenvalue weighted by Crippen LogP contribution is -2.55. The zero-order chi connectivity index (χ0) is 28.4. The molecule has 2 unspecified atom stereocenters. The van der Waals surface area contributed by atoms with E-state index in [1.807, 2.05) is 52.8 Å². The first kappa shape index (κ1) is 32.4. The second-order valence-electron chi connectivity index (χ2n) is 11.9. The molecule has 3 amide bonds. The molecule has 8 heteroatoms. The Balaban J connectivity index is 3.46. The summed E-state index contributed by atoms with van der Waals surface area (Å²) in [6.07, 6.45) is 4.01. The zero-order valence-electron chi connectivity index (χ0n) is 24.4. The number of nitrogens with one attached hydrogen (secondary N) is 2. The minimum atomic E-state index is -1.25. The van der Waals surface area contributed by atoms with Gasteiger partial charge in [0.25, 0.3) is 0 Å². The van der Waals surface area contributed by atoms with Gasteiger partial charge in [-0.05, 0) is 67.4 Å². The van der Waals surface area contributed by atoms with Gasteiger partial charge in [0, 0.05) is 12.1 Å². The number of nitrogens with zero attached hydrogens (tertiary/aromatic N) is 1. The SMILES string of the molecule is CCCCCCCN(C(=O)C(CO)NC(=O)OC(C)(C)C)C(C(=O)NC(C)(C)C)c1cc(C)cc(C)c1. The fourth-order valence-corrected chi connectivity index (χ4v) is 4.17. The lowest BCUT2D eigenvalue weighted by Gasteiger charge is -2.36. The Morgan fingerprint density at radius 2 is 1.51 bits per heavy atom. The second-order valence-corrected chi connectivity index (χ2v) is 11.9. The zero-order valence-corrected chi connectivity index (χ0v) is 24.4. The van der Waals surface area contributed by atoms with E-state index in [4.69, 9.17) is 4.74 Å². The third-order valence-corrected chi connectivity index (χ3v) is 5.58. The molecule has 2 atom stereocenters. The molecule has 1 aromatic carbocycles. The Hall–Kier alpha value is -2.61. The summed E-state index contributed by atoms with van der Waals surface area (Å²) >= 11 is 0. The monoisotopic (exact) mass is 519 g/mol. The fourth-order valence-electron chi connectivity index (χ4n) is 4.17. The molecule has 0 fully saturated rings. The number of carbonyl (C=O) groups is 3. The van der Waals surface area contributed by atoms with Crippen molar-refractivity contribution in [2.75, 3.05) is 13.2 Å². The van der Waals surface area contributed by atoms with Crippen LogP contribution in [0.5, 0.6) is 0 Å². The maximum atomic E-state index is 13.9. The molecular formula is C29H49N3O5. The molecule has 0 aliphatic heterocycles. The van der Waals surface area contributed by atoms with Crippen LogP contribution in [0.25, 0.3) is 0 Å². The lowest BCUT2D eigenvalue weighted by molar-refractivity contribution is -0.144. The van der Waals surface area contributed by atoms with Crippen LogP contribution >= 0.6 is 0 Å². The first-order valence-electron chi connectivity index (χ1n) is 13.4. The first-order chi connectivity index (χ1) is 17.1. The van der Waals surface area contributed by atoms with Crippen LogP contribution in [0.15, 0.2) is 18.2 Å². The highest BCUT2D eigenvalue weighted by Crippen LogP contribution is 2.26. The van der Waals surface area contributed by atoms with Gasteiger partial charge in [-0.25, -0.2) is 4.79 Å². The number of hydrogen-bond acceptors (Lipinski definition) is 5. The van der Waals surface area contributed by atoms with Gasteiger partial charge >= 0.3 is 6.09 Å². The van der Waals surface area contributed by atoms with Gasteiger partial charge in [-0.15, -0.1) is 0 Å². The molecule has 0 bridgehead atoms. The molecule has 0 aliphatic rings. The van der Waals surface area contributed by atoms with E-state index in [-0.39, 0.29) is 5.91 Å². The van der Waals surface area contributed by atoms with Crippen molar-refractivity contribution in [1.82, 2.24) is 15.5 Å². The van der Waals surface area contributed by atoms with Crippen LogP contribution < -0.4 is 10.6 Å². The van der Waals surface area contributed by atoms with Gasteiger partial charge in [0.15, 0.2) is 0 Å². The van der Waals surface area contributed by atoms with Crippen molar-refractivity contribution in [3.05, 3.63) is 34.9 Å². The predicted octanol–water partition coefficient (Wildman–Crippen LogP) is 4.94. The Kier molecular flexibility index (Phi) is 12.6. The lowest BCUT2D eigenvalue weighted by atomic mass is 9.97. The smallest absolute Gasteiger partial charge is 0.408 e. The number of rotatable bonds is 12. The topological polar surface area (TPSA) is 108 Å². The molecule has 1 rings (SSSR count). The average molecular weight is 520 g/mol. The molecular weight excluding hydrogens is 470 g/mol. The van der Waals surface area contributed by atoms with Crippen molar-refractivity contribution in [2.45, 2.75) is 118 Å². The highest BCUT2D eigenvalue weighted by Gasteiger charge is 2.37. The number of aryl methyl sites for hydroxylation is 2. The quantitative estimate of drug-likeness (QED) is 0.339. The summed E-state index contributed by atoms with van der Waals surface area (Å²) in [4.78, 5) is 41.5. The van der Waals surface area contributed by atoms with Crippen molar-refractivity contribution >= 4 is 17.9 Å². The third-order valence-electron chi connectivity index (χ3n) is 5.58. The Labute approximate surface area is 223 Å². The van der Waals surface area contributed by atoms with Crippen molar-refractivity contribution in [3.8, 4) is 0 Å². The van der Waals surface area contributed by atoms with Crippen LogP contribution in [0.3, 0.4) is 0 Å². The number of aliphatic hydroxyl groups excluding tert-OH is 1. The minimum Gasteiger partial charge on any atom is -0.444 e. The first-order valence-corrected chi connectivity index (χ1v) is 13.4. The number of hydrogen-bond donors (Lipinski definition) is 3. The van der Waals surface area contributed by atoms with Crippen molar-refractivity contribution in [3.63, 3.8) is 0 Å². The summed E-state index contributed by atoms with van der Waals surface area (Å²) in [6.45, 7) is 16.6. The number of amides is 3. The van der Waals surface area contributed by atoms with Crippen molar-refractivity contribution in [1.29, 1.82) is 0 Å². The van der Waals surface area contributed by atoms with Gasteiger partial charge in [-0.3, -0.25) is 9.59 Å². The fraction of sp³-hybridized carbons (Fsp3) is 0.690. The summed E-state index contributed by atoms with van der Waals surface area (Å²) in [5.41, 5.74) is 1.36. The Morgan fingerprint density at radius 1 is 0.946 bits per heavy atom. The molecule has 0 aliphatic carbocycles. The largest absolute Gasteiger partial charge is 0.444 e. The van der Waals surface area contributed by atoms with E-state index < -0.39 is 41.8 Å². The summed E-state index contributed by atoms with van der Waals surface area (Å²) < 4.78 is 5.30. The van der Waals surface area contributed by atoms with E-state index in [1.165, 1.54) is 4.90 Å². The molecule has 37 heavy (non-hydrogen) atoms. The molecule has 8 nitrogen and oxygen atoms in total. The predicted molar refractivity (Wildman–Crippen MR) is 147 cm³/mol. The summed E-state index contributed by atoms with van der Waals surface area (Å²) in [6, 6.07) is 3.66. The average Bonchev–Trinajstić information content (AvgIpc) is 2.72. The van der Waals surface area contributed by atoms with Crippen LogP contribution in [0.1, 0.15) is 103 Å². The van der Waals surface area contributed by atoms with Gasteiger partial charge < -0.3 is 25.4 Å². The van der Waals surface area contributed by atoms with E-state index in [0.29, 0.717) is 18.5 Å². The van der Waals surface area contributed by atoms with Crippen LogP contribution in [0, 0.1) is 13.8 Å². The maximum absolute atomic E-state index is 13.9. The van der Waals surface area contributed by atoms with Crippen molar-refractivity contribution < 1.29 is 24.2 Å². The standard InChI is InChI=1S/C29H49N3O5/c1-10-11-12-13-14-15-32(26(35)23(19-33)30-27(36)37-29(7,8)9)24(25(34)31-28(4,5)6)22-17-20(2)16-21(3)18-22/h16-18,23-24,33H,10-15,19H2,1-9H3,(H,30,36)(H,31,34). The Morgan fingerprint density at radius 3 is 2.00 bits per heavy atom. The van der Waals surface area contributed by atoms with Gasteiger partial charge in [0.05, 0.1) is 6.61 Å². The van der Waals surface area contributed by atoms with Gasteiger partial charge in [0.1, 0.15) is 17.7 Å². The minimum absolute atomic E-state index is 0.310. The van der Waals surface area contributed by atoms with E-state index >= 15 is 0 Å². The maximum Gasteiger partial charge on any atom is 0.408 e. The summed E-state index contributed by atoms with van der Waals surface area (Å²) in [5.74, 6) is -0.842. The number of carbonyl (C=O) groups excluding carboxylic acids is 3. The summed E-state index contributed by atoms with van der Waals surface area (Å²) in [5, 5.41) is 15.6. The van der Waals surface area contributed by atoms with E-state index in [2.05, 4.69) is 17.6 Å². The van der Waals surface area contributed by atoms with Gasteiger partial charge in [0.2, 0.25) is 11.8 Å². The number of ether oxygens (including phenoxy) is 1.